The molecule has 0 bridgehead atoms. The van der Waals surface area contributed by atoms with E-state index < -0.39 is 0 Å². The first-order valence-corrected chi connectivity index (χ1v) is 8.04. The van der Waals surface area contributed by atoms with E-state index in [2.05, 4.69) is 37.5 Å². The van der Waals surface area contributed by atoms with Gasteiger partial charge in [-0.15, -0.1) is 0 Å². The molecule has 0 saturated carbocycles. The van der Waals surface area contributed by atoms with E-state index in [-0.39, 0.29) is 0 Å². The van der Waals surface area contributed by atoms with Crippen molar-refractivity contribution in [2.75, 3.05) is 26.2 Å². The van der Waals surface area contributed by atoms with Gasteiger partial charge in [0.15, 0.2) is 0 Å². The first-order valence-electron chi connectivity index (χ1n) is 8.04. The summed E-state index contributed by atoms with van der Waals surface area (Å²) >= 11 is 0. The van der Waals surface area contributed by atoms with Crippen molar-refractivity contribution in [2.45, 2.75) is 71.9 Å². The Bertz CT molecular complexity index is 262. The van der Waals surface area contributed by atoms with E-state index in [1.54, 1.807) is 0 Å². The minimum absolute atomic E-state index is 0.476. The maximum atomic E-state index is 2.80. The predicted molar refractivity (Wildman–Crippen MR) is 78.9 cm³/mol. The Morgan fingerprint density at radius 2 is 1.89 bits per heavy atom. The van der Waals surface area contributed by atoms with E-state index in [0.29, 0.717) is 5.41 Å². The molecule has 2 heteroatoms. The summed E-state index contributed by atoms with van der Waals surface area (Å²) in [5, 5.41) is 0. The number of fused-ring (bicyclic) bond motifs is 1. The molecule has 2 saturated heterocycles. The van der Waals surface area contributed by atoms with Gasteiger partial charge in [-0.2, -0.15) is 0 Å². The fraction of sp³-hybridized carbons (Fsp3) is 1.00. The van der Waals surface area contributed by atoms with Crippen molar-refractivity contribution in [2.24, 2.45) is 5.41 Å². The van der Waals surface area contributed by atoms with Crippen LogP contribution in [0.15, 0.2) is 0 Å². The van der Waals surface area contributed by atoms with Gasteiger partial charge in [-0.25, -0.2) is 0 Å². The standard InChI is InChI=1S/C16H32N2/c1-5-14-11-17-10-8-7-9-15(17)12-18(14)13-16(3,4)6-2/h14-15H,5-13H2,1-4H3. The molecular formula is C16H32N2. The van der Waals surface area contributed by atoms with Crippen LogP contribution in [0.1, 0.15) is 59.8 Å². The van der Waals surface area contributed by atoms with E-state index in [4.69, 9.17) is 0 Å². The highest BCUT2D eigenvalue weighted by Gasteiger charge is 2.35. The van der Waals surface area contributed by atoms with Gasteiger partial charge in [0.1, 0.15) is 0 Å². The second-order valence-electron chi connectivity index (χ2n) is 7.15. The molecule has 0 spiro atoms. The highest BCUT2D eigenvalue weighted by atomic mass is 15.3. The van der Waals surface area contributed by atoms with Crippen LogP contribution in [-0.4, -0.2) is 48.1 Å². The Hall–Kier alpha value is -0.0800. The number of piperidine rings is 1. The minimum atomic E-state index is 0.476. The van der Waals surface area contributed by atoms with E-state index in [1.165, 1.54) is 58.3 Å². The van der Waals surface area contributed by atoms with Crippen LogP contribution in [0.25, 0.3) is 0 Å². The van der Waals surface area contributed by atoms with Gasteiger partial charge in [-0.05, 0) is 37.6 Å². The highest BCUT2D eigenvalue weighted by Crippen LogP contribution is 2.29. The average molecular weight is 252 g/mol. The number of hydrogen-bond acceptors (Lipinski definition) is 2. The Kier molecular flexibility index (Phi) is 4.71. The summed E-state index contributed by atoms with van der Waals surface area (Å²) in [6.45, 7) is 14.8. The topological polar surface area (TPSA) is 6.48 Å². The SMILES string of the molecule is CCC1CN2CCCCC2CN1CC(C)(C)CC. The third kappa shape index (κ3) is 3.27. The molecule has 2 aliphatic heterocycles. The van der Waals surface area contributed by atoms with E-state index in [9.17, 15) is 0 Å². The minimum Gasteiger partial charge on any atom is -0.298 e. The number of hydrogen-bond donors (Lipinski definition) is 0. The lowest BCUT2D eigenvalue weighted by molar-refractivity contribution is -0.00982. The molecule has 0 aromatic carbocycles. The summed E-state index contributed by atoms with van der Waals surface area (Å²) in [5.41, 5.74) is 0.476. The molecule has 2 rings (SSSR count). The summed E-state index contributed by atoms with van der Waals surface area (Å²) < 4.78 is 0. The molecule has 2 nitrogen and oxygen atoms in total. The summed E-state index contributed by atoms with van der Waals surface area (Å²) in [6, 6.07) is 1.65. The smallest absolute Gasteiger partial charge is 0.0223 e. The van der Waals surface area contributed by atoms with Crippen molar-refractivity contribution >= 4 is 0 Å². The predicted octanol–water partition coefficient (Wildman–Crippen LogP) is 3.37. The quantitative estimate of drug-likeness (QED) is 0.757. The molecule has 0 radical (unpaired) electrons. The molecule has 0 N–H and O–H groups in total. The zero-order valence-corrected chi connectivity index (χ0v) is 12.9. The second-order valence-corrected chi connectivity index (χ2v) is 7.15. The fourth-order valence-electron chi connectivity index (χ4n) is 3.56. The van der Waals surface area contributed by atoms with Crippen molar-refractivity contribution in [1.82, 2.24) is 9.80 Å². The van der Waals surface area contributed by atoms with Gasteiger partial charge < -0.3 is 0 Å². The second kappa shape index (κ2) is 5.92. The van der Waals surface area contributed by atoms with Crippen LogP contribution in [0.3, 0.4) is 0 Å². The normalized spacial score (nSPS) is 31.3. The van der Waals surface area contributed by atoms with Crippen molar-refractivity contribution in [1.29, 1.82) is 0 Å². The summed E-state index contributed by atoms with van der Waals surface area (Å²) in [6.07, 6.45) is 6.90. The number of nitrogens with zero attached hydrogens (tertiary/aromatic N) is 2. The lowest BCUT2D eigenvalue weighted by Gasteiger charge is -2.50. The summed E-state index contributed by atoms with van der Waals surface area (Å²) in [5.74, 6) is 0. The lowest BCUT2D eigenvalue weighted by atomic mass is 9.87. The summed E-state index contributed by atoms with van der Waals surface area (Å²) in [4.78, 5) is 5.57. The monoisotopic (exact) mass is 252 g/mol. The maximum absolute atomic E-state index is 2.80. The third-order valence-corrected chi connectivity index (χ3v) is 5.22. The van der Waals surface area contributed by atoms with Gasteiger partial charge >= 0.3 is 0 Å². The first kappa shape index (κ1) is 14.3. The summed E-state index contributed by atoms with van der Waals surface area (Å²) in [7, 11) is 0. The van der Waals surface area contributed by atoms with Crippen molar-refractivity contribution in [3.63, 3.8) is 0 Å². The van der Waals surface area contributed by atoms with Crippen molar-refractivity contribution < 1.29 is 0 Å². The molecule has 2 atom stereocenters. The van der Waals surface area contributed by atoms with Crippen LogP contribution in [0.4, 0.5) is 0 Å². The van der Waals surface area contributed by atoms with Gasteiger partial charge in [0.25, 0.3) is 0 Å². The zero-order chi connectivity index (χ0) is 13.2. The van der Waals surface area contributed by atoms with Crippen molar-refractivity contribution in [3.8, 4) is 0 Å². The Morgan fingerprint density at radius 3 is 2.56 bits per heavy atom. The van der Waals surface area contributed by atoms with Crippen molar-refractivity contribution in [3.05, 3.63) is 0 Å². The van der Waals surface area contributed by atoms with Gasteiger partial charge in [0.05, 0.1) is 0 Å². The van der Waals surface area contributed by atoms with Crippen LogP contribution in [0.5, 0.6) is 0 Å². The van der Waals surface area contributed by atoms with Crippen LogP contribution in [0, 0.1) is 5.41 Å². The van der Waals surface area contributed by atoms with Crippen LogP contribution in [-0.2, 0) is 0 Å². The molecule has 0 amide bonds. The highest BCUT2D eigenvalue weighted by molar-refractivity contribution is 4.91. The van der Waals surface area contributed by atoms with Gasteiger partial charge in [-0.3, -0.25) is 9.80 Å². The largest absolute Gasteiger partial charge is 0.298 e. The maximum Gasteiger partial charge on any atom is 0.0223 e. The Labute approximate surface area is 114 Å². The van der Waals surface area contributed by atoms with E-state index in [0.717, 1.165) is 12.1 Å². The number of rotatable bonds is 4. The number of piperazine rings is 1. The molecule has 2 fully saturated rings. The molecular weight excluding hydrogens is 220 g/mol. The van der Waals surface area contributed by atoms with Gasteiger partial charge in [-0.1, -0.05) is 34.1 Å². The van der Waals surface area contributed by atoms with Crippen LogP contribution < -0.4 is 0 Å². The molecule has 2 aliphatic rings. The molecule has 2 unspecified atom stereocenters. The lowest BCUT2D eigenvalue weighted by Crippen LogP contribution is -2.60. The molecule has 106 valence electrons. The Morgan fingerprint density at radius 1 is 1.11 bits per heavy atom. The zero-order valence-electron chi connectivity index (χ0n) is 12.9. The van der Waals surface area contributed by atoms with Gasteiger partial charge in [0.2, 0.25) is 0 Å². The molecule has 0 aliphatic carbocycles. The molecule has 2 heterocycles. The molecule has 0 aromatic rings. The first-order chi connectivity index (χ1) is 8.55. The third-order valence-electron chi connectivity index (χ3n) is 5.22. The fourth-order valence-corrected chi connectivity index (χ4v) is 3.56. The van der Waals surface area contributed by atoms with Crippen LogP contribution >= 0.6 is 0 Å². The van der Waals surface area contributed by atoms with E-state index >= 15 is 0 Å². The molecule has 18 heavy (non-hydrogen) atoms. The van der Waals surface area contributed by atoms with Gasteiger partial charge in [0, 0.05) is 31.7 Å². The average Bonchev–Trinajstić information content (AvgIpc) is 2.37. The van der Waals surface area contributed by atoms with E-state index in [1.807, 2.05) is 0 Å². The Balaban J connectivity index is 1.99. The van der Waals surface area contributed by atoms with Crippen LogP contribution in [0.2, 0.25) is 0 Å². The molecule has 0 aromatic heterocycles.